The number of β-amino-alcohol motifs (C(OH)–C–C–N with tert-alkyl or cyclic N) is 1. The molecule has 4 aromatic rings. The van der Waals surface area contributed by atoms with Crippen molar-refractivity contribution in [3.05, 3.63) is 98.8 Å². The highest BCUT2D eigenvalue weighted by atomic mass is 35.5. The number of piperidine rings is 1. The first-order valence-electron chi connectivity index (χ1n) is 13.2. The number of hydrogen-bond acceptors (Lipinski definition) is 7. The maximum absolute atomic E-state index is 14.7. The maximum Gasteiger partial charge on any atom is 0.422 e. The number of carboxylic acid groups (broad SMARTS) is 1. The molecule has 0 amide bonds. The van der Waals surface area contributed by atoms with Crippen molar-refractivity contribution < 1.29 is 37.8 Å². The number of nitrogens with zero attached hydrogens (tertiary/aromatic N) is 4. The lowest BCUT2D eigenvalue weighted by atomic mass is 9.91. The predicted octanol–water partition coefficient (Wildman–Crippen LogP) is 5.64. The Labute approximate surface area is 248 Å². The van der Waals surface area contributed by atoms with Crippen molar-refractivity contribution >= 4 is 34.2 Å². The molecule has 5 rings (SSSR count). The first-order chi connectivity index (χ1) is 20.4. The molecule has 0 spiro atoms. The number of carboxylic acids is 1. The van der Waals surface area contributed by atoms with Crippen LogP contribution < -0.4 is 4.74 Å². The summed E-state index contributed by atoms with van der Waals surface area (Å²) in [5.74, 6) is -1.18. The van der Waals surface area contributed by atoms with Crippen LogP contribution >= 0.6 is 11.6 Å². The number of pyridine rings is 1. The van der Waals surface area contributed by atoms with Crippen molar-refractivity contribution in [1.29, 1.82) is 0 Å². The minimum atomic E-state index is -5.07. The molecule has 2 N–H and O–H groups in total. The van der Waals surface area contributed by atoms with Gasteiger partial charge in [-0.1, -0.05) is 41.9 Å². The van der Waals surface area contributed by atoms with Crippen LogP contribution in [0.25, 0.3) is 10.9 Å². The van der Waals surface area contributed by atoms with Crippen molar-refractivity contribution in [2.45, 2.75) is 37.3 Å². The van der Waals surface area contributed by atoms with Gasteiger partial charge < -0.3 is 19.5 Å². The summed E-state index contributed by atoms with van der Waals surface area (Å²) in [7, 11) is 0. The molecule has 1 aliphatic heterocycles. The Balaban J connectivity index is 1.40. The normalized spacial score (nSPS) is 16.2. The van der Waals surface area contributed by atoms with Gasteiger partial charge in [0, 0.05) is 61.7 Å². The lowest BCUT2D eigenvalue weighted by Gasteiger charge is -2.38. The first-order valence-corrected chi connectivity index (χ1v) is 13.6. The second-order valence-electron chi connectivity index (χ2n) is 10.4. The number of alkyl halides is 3. The highest BCUT2D eigenvalue weighted by Crippen LogP contribution is 2.44. The molecule has 226 valence electrons. The molecular formula is C29H26ClF3N4O6. The lowest BCUT2D eigenvalue weighted by molar-refractivity contribution is -0.384. The highest BCUT2D eigenvalue weighted by molar-refractivity contribution is 6.32. The summed E-state index contributed by atoms with van der Waals surface area (Å²) in [4.78, 5) is 27.4. The molecular weight excluding hydrogens is 593 g/mol. The van der Waals surface area contributed by atoms with E-state index in [0.29, 0.717) is 12.8 Å². The predicted molar refractivity (Wildman–Crippen MR) is 150 cm³/mol. The number of nitro benzene ring substituents is 1. The van der Waals surface area contributed by atoms with Gasteiger partial charge in [0.05, 0.1) is 16.0 Å². The number of carbonyl (C=O) groups is 1. The van der Waals surface area contributed by atoms with Gasteiger partial charge >= 0.3 is 12.1 Å². The van der Waals surface area contributed by atoms with Gasteiger partial charge in [0.1, 0.15) is 11.1 Å². The van der Waals surface area contributed by atoms with Crippen LogP contribution in [0.2, 0.25) is 5.02 Å². The molecule has 2 aromatic heterocycles. The monoisotopic (exact) mass is 618 g/mol. The second kappa shape index (κ2) is 11.8. The Bertz CT molecular complexity index is 1660. The molecule has 0 radical (unpaired) electrons. The summed E-state index contributed by atoms with van der Waals surface area (Å²) in [6.07, 6.45) is -2.59. The zero-order valence-corrected chi connectivity index (χ0v) is 23.3. The van der Waals surface area contributed by atoms with E-state index in [2.05, 4.69) is 4.98 Å². The number of rotatable bonds is 9. The van der Waals surface area contributed by atoms with Gasteiger partial charge in [-0.25, -0.2) is 9.78 Å². The molecule has 1 atom stereocenters. The largest absolute Gasteiger partial charge is 0.478 e. The van der Waals surface area contributed by atoms with E-state index < -0.39 is 40.9 Å². The summed E-state index contributed by atoms with van der Waals surface area (Å²) in [6.45, 7) is -0.319. The molecule has 14 heteroatoms. The van der Waals surface area contributed by atoms with Crippen molar-refractivity contribution in [3.63, 3.8) is 0 Å². The average Bonchev–Trinajstić information content (AvgIpc) is 3.33. The van der Waals surface area contributed by atoms with E-state index >= 15 is 0 Å². The van der Waals surface area contributed by atoms with E-state index in [1.54, 1.807) is 30.3 Å². The Morgan fingerprint density at radius 3 is 2.44 bits per heavy atom. The van der Waals surface area contributed by atoms with E-state index in [0.717, 1.165) is 17.8 Å². The van der Waals surface area contributed by atoms with Crippen LogP contribution in [0.1, 0.15) is 34.3 Å². The van der Waals surface area contributed by atoms with Gasteiger partial charge in [-0.2, -0.15) is 13.2 Å². The van der Waals surface area contributed by atoms with Crippen molar-refractivity contribution in [2.75, 3.05) is 19.6 Å². The number of halogens is 4. The average molecular weight is 619 g/mol. The van der Waals surface area contributed by atoms with Gasteiger partial charge in [0.2, 0.25) is 11.5 Å². The van der Waals surface area contributed by atoms with Gasteiger partial charge in [0.15, 0.2) is 0 Å². The van der Waals surface area contributed by atoms with Crippen LogP contribution in [-0.4, -0.2) is 67.5 Å². The number of fused-ring (bicyclic) bond motifs is 1. The number of likely N-dealkylation sites (tertiary alicyclic amines) is 1. The molecule has 0 bridgehead atoms. The lowest BCUT2D eigenvalue weighted by Crippen LogP contribution is -2.53. The molecule has 0 aliphatic carbocycles. The summed E-state index contributed by atoms with van der Waals surface area (Å²) < 4.78 is 51.5. The number of ether oxygens (including phenoxy) is 1. The minimum absolute atomic E-state index is 0.000839. The number of benzene rings is 2. The third-order valence-electron chi connectivity index (χ3n) is 7.51. The van der Waals surface area contributed by atoms with Crippen LogP contribution in [0.3, 0.4) is 0 Å². The zero-order valence-electron chi connectivity index (χ0n) is 22.5. The van der Waals surface area contributed by atoms with Crippen molar-refractivity contribution in [1.82, 2.24) is 14.5 Å². The van der Waals surface area contributed by atoms with Gasteiger partial charge in [-0.15, -0.1) is 0 Å². The Morgan fingerprint density at radius 2 is 1.84 bits per heavy atom. The summed E-state index contributed by atoms with van der Waals surface area (Å²) in [5, 5.41) is 32.0. The number of aromatic nitrogens is 2. The quantitative estimate of drug-likeness (QED) is 0.182. The van der Waals surface area contributed by atoms with Crippen LogP contribution in [0.4, 0.5) is 18.9 Å². The van der Waals surface area contributed by atoms with Crippen LogP contribution in [0, 0.1) is 10.1 Å². The molecule has 10 nitrogen and oxygen atoms in total. The number of aromatic carboxylic acids is 1. The molecule has 1 unspecified atom stereocenters. The number of nitro groups is 1. The maximum atomic E-state index is 14.7. The summed E-state index contributed by atoms with van der Waals surface area (Å²) >= 11 is 6.10. The minimum Gasteiger partial charge on any atom is -0.478 e. The van der Waals surface area contributed by atoms with E-state index in [4.69, 9.17) is 21.4 Å². The number of hydrogen-bond donors (Lipinski definition) is 2. The van der Waals surface area contributed by atoms with E-state index in [1.165, 1.54) is 33.9 Å². The standard InChI is InChI=1S/C29H26ClF3N4O6/c30-24-12-19(27(38)39)14-34-26(24)43-21-8-10-35(11-9-21)17-28(40,29(31,32)33)23-16-36(15-18-4-2-1-3-5-18)25-13-20(37(41)42)6-7-22(23)25/h1-7,12-14,16,21,40H,8-11,15,17H2,(H,38,39). The zero-order chi connectivity index (χ0) is 30.9. The molecule has 2 aromatic carbocycles. The van der Waals surface area contributed by atoms with Crippen molar-refractivity contribution in [3.8, 4) is 5.88 Å². The van der Waals surface area contributed by atoms with E-state index in [-0.39, 0.29) is 52.7 Å². The topological polar surface area (TPSA) is 131 Å². The van der Waals surface area contributed by atoms with Crippen LogP contribution in [0.5, 0.6) is 5.88 Å². The van der Waals surface area contributed by atoms with Gasteiger partial charge in [0.25, 0.3) is 5.69 Å². The molecule has 3 heterocycles. The summed E-state index contributed by atoms with van der Waals surface area (Å²) in [6, 6.07) is 13.7. The Morgan fingerprint density at radius 1 is 1.14 bits per heavy atom. The van der Waals surface area contributed by atoms with E-state index in [9.17, 15) is 33.2 Å². The fraction of sp³-hybridized carbons (Fsp3) is 0.310. The Hall–Kier alpha value is -4.20. The third kappa shape index (κ3) is 6.28. The second-order valence-corrected chi connectivity index (χ2v) is 10.8. The SMILES string of the molecule is O=C(O)c1cnc(OC2CCN(CC(O)(c3cn(Cc4ccccc4)c4cc([N+](=O)[O-])ccc34)C(F)(F)F)CC2)c(Cl)c1. The third-order valence-corrected chi connectivity index (χ3v) is 7.78. The first kappa shape index (κ1) is 30.3. The molecule has 1 fully saturated rings. The smallest absolute Gasteiger partial charge is 0.422 e. The Kier molecular flexibility index (Phi) is 8.32. The van der Waals surface area contributed by atoms with E-state index in [1.807, 2.05) is 0 Å². The van der Waals surface area contributed by atoms with Crippen molar-refractivity contribution in [2.24, 2.45) is 0 Å². The molecule has 0 saturated carbocycles. The molecule has 1 aliphatic rings. The highest BCUT2D eigenvalue weighted by Gasteiger charge is 2.57. The van der Waals surface area contributed by atoms with Crippen LogP contribution in [-0.2, 0) is 12.1 Å². The number of non-ortho nitro benzene ring substituents is 1. The fourth-order valence-electron chi connectivity index (χ4n) is 5.26. The van der Waals surface area contributed by atoms with Gasteiger partial charge in [-0.3, -0.25) is 15.0 Å². The number of aliphatic hydroxyl groups is 1. The fourth-order valence-corrected chi connectivity index (χ4v) is 5.47. The summed E-state index contributed by atoms with van der Waals surface area (Å²) in [5.41, 5.74) is -3.11. The van der Waals surface area contributed by atoms with Crippen LogP contribution in [0.15, 0.2) is 67.0 Å². The molecule has 43 heavy (non-hydrogen) atoms. The van der Waals surface area contributed by atoms with Gasteiger partial charge in [-0.05, 0) is 30.5 Å². The molecule has 1 saturated heterocycles.